The van der Waals surface area contributed by atoms with Crippen LogP contribution in [-0.2, 0) is 9.53 Å². The molecule has 0 saturated heterocycles. The summed E-state index contributed by atoms with van der Waals surface area (Å²) in [5, 5.41) is 14.3. The number of benzene rings is 2. The summed E-state index contributed by atoms with van der Waals surface area (Å²) in [7, 11) is 0. The number of anilines is 1. The van der Waals surface area contributed by atoms with E-state index in [0.717, 1.165) is 28.7 Å². The number of carboxylic acids is 1. The van der Waals surface area contributed by atoms with E-state index < -0.39 is 24.0 Å². The summed E-state index contributed by atoms with van der Waals surface area (Å²) in [6.45, 7) is 2.06. The number of nitrogens with one attached hydrogen (secondary N) is 2. The smallest absolute Gasteiger partial charge is 0.411 e. The van der Waals surface area contributed by atoms with Crippen LogP contribution in [0.25, 0.3) is 11.1 Å². The molecule has 1 unspecified atom stereocenters. The highest BCUT2D eigenvalue weighted by atomic mass is 16.5. The van der Waals surface area contributed by atoms with E-state index in [2.05, 4.69) is 22.8 Å². The first kappa shape index (κ1) is 23.1. The van der Waals surface area contributed by atoms with Gasteiger partial charge >= 0.3 is 12.1 Å². The Morgan fingerprint density at radius 1 is 1.03 bits per heavy atom. The van der Waals surface area contributed by atoms with Crippen molar-refractivity contribution >= 4 is 23.7 Å². The largest absolute Gasteiger partial charge is 0.480 e. The van der Waals surface area contributed by atoms with Crippen molar-refractivity contribution in [2.24, 2.45) is 0 Å². The SMILES string of the molecule is CCCCC(NC(=O)c1occc1NC(=O)OCC1c2ccccc2-c2ccccc21)C(=O)O. The molecule has 8 nitrogen and oxygen atoms in total. The molecule has 0 aliphatic heterocycles. The first-order valence-electron chi connectivity index (χ1n) is 11.2. The van der Waals surface area contributed by atoms with Crippen LogP contribution in [0.5, 0.6) is 0 Å². The summed E-state index contributed by atoms with van der Waals surface area (Å²) in [4.78, 5) is 36.5. The van der Waals surface area contributed by atoms with Crippen molar-refractivity contribution in [3.05, 3.63) is 77.7 Å². The first-order valence-corrected chi connectivity index (χ1v) is 11.2. The highest BCUT2D eigenvalue weighted by Gasteiger charge is 2.29. The summed E-state index contributed by atoms with van der Waals surface area (Å²) >= 11 is 0. The van der Waals surface area contributed by atoms with E-state index in [9.17, 15) is 19.5 Å². The zero-order chi connectivity index (χ0) is 24.1. The van der Waals surface area contributed by atoms with Crippen molar-refractivity contribution in [1.82, 2.24) is 5.32 Å². The van der Waals surface area contributed by atoms with Gasteiger partial charge in [0.2, 0.25) is 5.76 Å². The predicted molar refractivity (Wildman–Crippen MR) is 126 cm³/mol. The summed E-state index contributed by atoms with van der Waals surface area (Å²) in [6.07, 6.45) is 2.26. The number of aliphatic carboxylic acids is 1. The van der Waals surface area contributed by atoms with Gasteiger partial charge < -0.3 is 19.6 Å². The van der Waals surface area contributed by atoms with Crippen LogP contribution in [0.1, 0.15) is 53.8 Å². The van der Waals surface area contributed by atoms with Crippen LogP contribution in [0.4, 0.5) is 10.5 Å². The first-order chi connectivity index (χ1) is 16.5. The van der Waals surface area contributed by atoms with Crippen molar-refractivity contribution in [2.45, 2.75) is 38.1 Å². The van der Waals surface area contributed by atoms with Gasteiger partial charge in [0.25, 0.3) is 5.91 Å². The van der Waals surface area contributed by atoms with Gasteiger partial charge in [0, 0.05) is 12.0 Å². The van der Waals surface area contributed by atoms with Crippen LogP contribution < -0.4 is 10.6 Å². The molecule has 176 valence electrons. The van der Waals surface area contributed by atoms with Crippen LogP contribution in [-0.4, -0.2) is 35.7 Å². The molecule has 4 rings (SSSR count). The number of rotatable bonds is 9. The molecule has 0 spiro atoms. The number of amides is 2. The zero-order valence-corrected chi connectivity index (χ0v) is 18.7. The van der Waals surface area contributed by atoms with Crippen molar-refractivity contribution in [3.8, 4) is 11.1 Å². The topological polar surface area (TPSA) is 118 Å². The van der Waals surface area contributed by atoms with Gasteiger partial charge in [0.1, 0.15) is 12.6 Å². The Labute approximate surface area is 196 Å². The molecule has 34 heavy (non-hydrogen) atoms. The quantitative estimate of drug-likeness (QED) is 0.411. The van der Waals surface area contributed by atoms with E-state index >= 15 is 0 Å². The lowest BCUT2D eigenvalue weighted by molar-refractivity contribution is -0.139. The van der Waals surface area contributed by atoms with Gasteiger partial charge in [-0.15, -0.1) is 0 Å². The molecule has 0 fully saturated rings. The number of carbonyl (C=O) groups is 3. The van der Waals surface area contributed by atoms with E-state index in [1.54, 1.807) is 0 Å². The molecule has 3 N–H and O–H groups in total. The number of unbranched alkanes of at least 4 members (excludes halogenated alkanes) is 1. The fourth-order valence-corrected chi connectivity index (χ4v) is 4.22. The molecule has 1 atom stereocenters. The highest BCUT2D eigenvalue weighted by molar-refractivity contribution is 6.01. The number of fused-ring (bicyclic) bond motifs is 3. The second-order valence-corrected chi connectivity index (χ2v) is 8.12. The normalized spacial score (nSPS) is 13.0. The highest BCUT2D eigenvalue weighted by Crippen LogP contribution is 2.44. The van der Waals surface area contributed by atoms with Crippen LogP contribution in [0.3, 0.4) is 0 Å². The molecule has 0 bridgehead atoms. The Hall–Kier alpha value is -4.07. The number of hydrogen-bond acceptors (Lipinski definition) is 5. The lowest BCUT2D eigenvalue weighted by Gasteiger charge is -2.15. The van der Waals surface area contributed by atoms with Crippen molar-refractivity contribution in [3.63, 3.8) is 0 Å². The van der Waals surface area contributed by atoms with E-state index in [1.165, 1.54) is 12.3 Å². The summed E-state index contributed by atoms with van der Waals surface area (Å²) in [5.41, 5.74) is 4.53. The van der Waals surface area contributed by atoms with E-state index in [0.29, 0.717) is 12.8 Å². The Bertz CT molecular complexity index is 1160. The average Bonchev–Trinajstić information content (AvgIpc) is 3.42. The minimum absolute atomic E-state index is 0.0971. The van der Waals surface area contributed by atoms with Crippen LogP contribution >= 0.6 is 0 Å². The van der Waals surface area contributed by atoms with Gasteiger partial charge in [-0.05, 0) is 28.7 Å². The van der Waals surface area contributed by atoms with Crippen LogP contribution in [0, 0.1) is 0 Å². The fourth-order valence-electron chi connectivity index (χ4n) is 4.22. The summed E-state index contributed by atoms with van der Waals surface area (Å²) in [6, 6.07) is 16.4. The molecular formula is C26H26N2O6. The molecule has 1 aromatic heterocycles. The lowest BCUT2D eigenvalue weighted by atomic mass is 9.98. The number of carbonyl (C=O) groups excluding carboxylic acids is 2. The minimum atomic E-state index is -1.13. The van der Waals surface area contributed by atoms with Gasteiger partial charge in [-0.25, -0.2) is 9.59 Å². The molecular weight excluding hydrogens is 436 g/mol. The van der Waals surface area contributed by atoms with Crippen LogP contribution in [0.2, 0.25) is 0 Å². The van der Waals surface area contributed by atoms with Gasteiger partial charge in [-0.1, -0.05) is 68.3 Å². The maximum absolute atomic E-state index is 12.6. The maximum atomic E-state index is 12.6. The van der Waals surface area contributed by atoms with Gasteiger partial charge in [-0.3, -0.25) is 10.1 Å². The minimum Gasteiger partial charge on any atom is -0.480 e. The lowest BCUT2D eigenvalue weighted by Crippen LogP contribution is -2.40. The van der Waals surface area contributed by atoms with Crippen molar-refractivity contribution in [1.29, 1.82) is 0 Å². The molecule has 3 aromatic rings. The van der Waals surface area contributed by atoms with E-state index in [4.69, 9.17) is 9.15 Å². The molecule has 2 aromatic carbocycles. The zero-order valence-electron chi connectivity index (χ0n) is 18.7. The Kier molecular flexibility index (Phi) is 6.96. The molecule has 1 heterocycles. The van der Waals surface area contributed by atoms with Crippen molar-refractivity contribution < 1.29 is 28.6 Å². The second-order valence-electron chi connectivity index (χ2n) is 8.12. The Morgan fingerprint density at radius 2 is 1.68 bits per heavy atom. The Morgan fingerprint density at radius 3 is 2.29 bits per heavy atom. The fraction of sp³-hybridized carbons (Fsp3) is 0.269. The van der Waals surface area contributed by atoms with E-state index in [1.807, 2.05) is 43.3 Å². The van der Waals surface area contributed by atoms with Crippen LogP contribution in [0.15, 0.2) is 65.3 Å². The molecule has 0 saturated carbocycles. The summed E-state index contributed by atoms with van der Waals surface area (Å²) in [5.74, 6) is -2.13. The average molecular weight is 463 g/mol. The Balaban J connectivity index is 1.40. The third kappa shape index (κ3) is 4.80. The number of hydrogen-bond donors (Lipinski definition) is 3. The van der Waals surface area contributed by atoms with E-state index in [-0.39, 0.29) is 24.0 Å². The monoisotopic (exact) mass is 462 g/mol. The third-order valence-electron chi connectivity index (χ3n) is 5.90. The van der Waals surface area contributed by atoms with Gasteiger partial charge in [0.15, 0.2) is 0 Å². The number of ether oxygens (including phenoxy) is 1. The van der Waals surface area contributed by atoms with Gasteiger partial charge in [-0.2, -0.15) is 0 Å². The molecule has 2 amide bonds. The molecule has 8 heteroatoms. The molecule has 0 radical (unpaired) electrons. The molecule has 1 aliphatic carbocycles. The van der Waals surface area contributed by atoms with Crippen molar-refractivity contribution in [2.75, 3.05) is 11.9 Å². The number of furan rings is 1. The number of carboxylic acid groups (broad SMARTS) is 1. The summed E-state index contributed by atoms with van der Waals surface area (Å²) < 4.78 is 10.7. The third-order valence-corrected chi connectivity index (χ3v) is 5.90. The maximum Gasteiger partial charge on any atom is 0.411 e. The second kappa shape index (κ2) is 10.2. The predicted octanol–water partition coefficient (Wildman–Crippen LogP) is 5.01. The van der Waals surface area contributed by atoms with Gasteiger partial charge in [0.05, 0.1) is 12.0 Å². The molecule has 1 aliphatic rings. The standard InChI is InChI=1S/C26H26N2O6/c1-2-3-12-22(25(30)31)27-24(29)23-21(13-14-33-23)28-26(32)34-15-20-18-10-6-4-8-16(18)17-9-5-7-11-19(17)20/h4-11,13-14,20,22H,2-3,12,15H2,1H3,(H,27,29)(H,28,32)(H,30,31).